The number of halogens is 1. The van der Waals surface area contributed by atoms with Gasteiger partial charge < -0.3 is 19.9 Å². The van der Waals surface area contributed by atoms with Gasteiger partial charge in [-0.25, -0.2) is 0 Å². The van der Waals surface area contributed by atoms with Gasteiger partial charge in [0, 0.05) is 30.2 Å². The molecule has 0 spiro atoms. The smallest absolute Gasteiger partial charge is 0.289 e. The fourth-order valence-electron chi connectivity index (χ4n) is 4.53. The first kappa shape index (κ1) is 24.3. The number of fused-ring (bicyclic) bond motifs is 1. The lowest BCUT2D eigenvalue weighted by molar-refractivity contribution is -0.149. The molecule has 4 rings (SSSR count). The van der Waals surface area contributed by atoms with E-state index in [1.54, 1.807) is 18.2 Å². The molecule has 1 heterocycles. The molecule has 1 aliphatic heterocycles. The third kappa shape index (κ3) is 5.99. The normalized spacial score (nSPS) is 21.4. The molecule has 0 aromatic heterocycles. The molecule has 1 aliphatic carbocycles. The van der Waals surface area contributed by atoms with Crippen LogP contribution in [0, 0.1) is 0 Å². The molecule has 6 nitrogen and oxygen atoms in total. The molecule has 2 aromatic carbocycles. The van der Waals surface area contributed by atoms with Gasteiger partial charge in [-0.15, -0.1) is 0 Å². The number of nitrogens with zero attached hydrogens (tertiary/aromatic N) is 2. The van der Waals surface area contributed by atoms with E-state index in [4.69, 9.17) is 16.3 Å². The number of amides is 2. The lowest BCUT2D eigenvalue weighted by atomic mass is 9.89. The molecule has 2 atom stereocenters. The van der Waals surface area contributed by atoms with Crippen molar-refractivity contribution < 1.29 is 14.3 Å². The maximum Gasteiger partial charge on any atom is 0.289 e. The number of rotatable bonds is 7. The zero-order valence-electron chi connectivity index (χ0n) is 19.8. The van der Waals surface area contributed by atoms with Crippen LogP contribution in [-0.4, -0.2) is 60.9 Å². The number of likely N-dealkylation sites (N-methyl/N-ethyl adjacent to an activating group) is 1. The zero-order chi connectivity index (χ0) is 24.1. The number of hydrogen-bond donors (Lipinski definition) is 1. The molecule has 2 fully saturated rings. The largest absolute Gasteiger partial charge is 0.482 e. The molecule has 1 saturated heterocycles. The molecular formula is C27H32ClN3O3. The lowest BCUT2D eigenvalue weighted by Crippen LogP contribution is -2.54. The van der Waals surface area contributed by atoms with Gasteiger partial charge >= 0.3 is 0 Å². The lowest BCUT2D eigenvalue weighted by Gasteiger charge is -2.44. The van der Waals surface area contributed by atoms with Crippen molar-refractivity contribution in [2.45, 2.75) is 44.4 Å². The highest BCUT2D eigenvalue weighted by molar-refractivity contribution is 6.30. The fourth-order valence-corrected chi connectivity index (χ4v) is 4.65. The highest BCUT2D eigenvalue weighted by Gasteiger charge is 2.41. The van der Waals surface area contributed by atoms with Crippen LogP contribution in [0.2, 0.25) is 5.02 Å². The molecule has 2 aliphatic rings. The van der Waals surface area contributed by atoms with Gasteiger partial charge in [0.15, 0.2) is 5.76 Å². The first-order chi connectivity index (χ1) is 16.4. The minimum absolute atomic E-state index is 0.00625. The van der Waals surface area contributed by atoms with Gasteiger partial charge in [0.1, 0.15) is 6.10 Å². The van der Waals surface area contributed by atoms with Crippen molar-refractivity contribution in [1.29, 1.82) is 0 Å². The van der Waals surface area contributed by atoms with Gasteiger partial charge in [0.25, 0.3) is 11.8 Å². The molecule has 180 valence electrons. The van der Waals surface area contributed by atoms with E-state index in [1.807, 2.05) is 60.3 Å². The number of carbonyl (C=O) groups is 2. The van der Waals surface area contributed by atoms with Crippen molar-refractivity contribution in [3.05, 3.63) is 76.0 Å². The van der Waals surface area contributed by atoms with Crippen LogP contribution in [0.3, 0.4) is 0 Å². The number of ether oxygens (including phenoxy) is 1. The van der Waals surface area contributed by atoms with Crippen LogP contribution in [0.25, 0.3) is 6.08 Å². The molecule has 0 bridgehead atoms. The van der Waals surface area contributed by atoms with E-state index in [2.05, 4.69) is 5.32 Å². The Labute approximate surface area is 206 Å². The first-order valence-electron chi connectivity index (χ1n) is 11.9. The summed E-state index contributed by atoms with van der Waals surface area (Å²) in [5.74, 6) is 0.161. The summed E-state index contributed by atoms with van der Waals surface area (Å²) in [6, 6.07) is 15.0. The van der Waals surface area contributed by atoms with E-state index in [9.17, 15) is 9.59 Å². The molecule has 2 amide bonds. The molecule has 2 aromatic rings. The predicted molar refractivity (Wildman–Crippen MR) is 134 cm³/mol. The summed E-state index contributed by atoms with van der Waals surface area (Å²) in [6.45, 7) is 1.90. The fraction of sp³-hybridized carbons (Fsp3) is 0.407. The minimum atomic E-state index is -0.106. The average molecular weight is 482 g/mol. The summed E-state index contributed by atoms with van der Waals surface area (Å²) < 4.78 is 6.21. The van der Waals surface area contributed by atoms with Crippen LogP contribution in [0.4, 0.5) is 0 Å². The molecular weight excluding hydrogens is 450 g/mol. The average Bonchev–Trinajstić information content (AvgIpc) is 2.83. The Morgan fingerprint density at radius 2 is 1.82 bits per heavy atom. The molecule has 7 heteroatoms. The maximum absolute atomic E-state index is 13.4. The highest BCUT2D eigenvalue weighted by Crippen LogP contribution is 2.34. The second kappa shape index (κ2) is 11.1. The van der Waals surface area contributed by atoms with E-state index in [-0.39, 0.29) is 24.0 Å². The zero-order valence-corrected chi connectivity index (χ0v) is 20.6. The monoisotopic (exact) mass is 481 g/mol. The molecule has 1 saturated carbocycles. The van der Waals surface area contributed by atoms with Crippen LogP contribution in [-0.2, 0) is 16.1 Å². The number of carbonyl (C=O) groups excluding carboxylic acids is 2. The summed E-state index contributed by atoms with van der Waals surface area (Å²) in [7, 11) is 3.93. The third-order valence-corrected chi connectivity index (χ3v) is 6.65. The van der Waals surface area contributed by atoms with Crippen molar-refractivity contribution in [2.24, 2.45) is 0 Å². The predicted octanol–water partition coefficient (Wildman–Crippen LogP) is 4.34. The molecule has 34 heavy (non-hydrogen) atoms. The number of morpholine rings is 1. The second-order valence-corrected chi connectivity index (χ2v) is 9.69. The summed E-state index contributed by atoms with van der Waals surface area (Å²) in [5.41, 5.74) is 2.47. The number of hydrogen-bond acceptors (Lipinski definition) is 4. The summed E-state index contributed by atoms with van der Waals surface area (Å²) >= 11 is 6.04. The van der Waals surface area contributed by atoms with E-state index >= 15 is 0 Å². The van der Waals surface area contributed by atoms with E-state index in [1.165, 1.54) is 0 Å². The quantitative estimate of drug-likeness (QED) is 0.597. The van der Waals surface area contributed by atoms with Gasteiger partial charge in [-0.2, -0.15) is 0 Å². The Bertz CT molecular complexity index is 1030. The van der Waals surface area contributed by atoms with E-state index < -0.39 is 0 Å². The molecule has 0 radical (unpaired) electrons. The van der Waals surface area contributed by atoms with Gasteiger partial charge in [0.05, 0.1) is 6.04 Å². The molecule has 2 unspecified atom stereocenters. The Kier molecular flexibility index (Phi) is 7.91. The van der Waals surface area contributed by atoms with E-state index in [0.29, 0.717) is 29.4 Å². The summed E-state index contributed by atoms with van der Waals surface area (Å²) in [4.78, 5) is 29.7. The van der Waals surface area contributed by atoms with Crippen LogP contribution in [0.15, 0.2) is 54.3 Å². The van der Waals surface area contributed by atoms with Crippen LogP contribution in [0.5, 0.6) is 0 Å². The van der Waals surface area contributed by atoms with Gasteiger partial charge in [-0.3, -0.25) is 9.59 Å². The number of benzene rings is 2. The standard InChI is InChI=1S/C27H32ClN3O3/c1-30(2)16-15-29-26(32)21-11-7-19(8-12-21)17-25-27(33)31(18-20-9-13-22(28)14-10-20)23-5-3-4-6-24(23)34-25/h7-14,17,23-24H,3-6,15-16,18H2,1-2H3,(H,29,32)/b25-17-. The topological polar surface area (TPSA) is 61.9 Å². The Balaban J connectivity index is 1.50. The van der Waals surface area contributed by atoms with Crippen molar-refractivity contribution >= 4 is 29.5 Å². The van der Waals surface area contributed by atoms with E-state index in [0.717, 1.165) is 43.4 Å². The maximum atomic E-state index is 13.4. The SMILES string of the molecule is CN(C)CCNC(=O)c1ccc(/C=C2\OC3CCCCC3N(Cc3ccc(Cl)cc3)C2=O)cc1. The first-order valence-corrected chi connectivity index (χ1v) is 12.3. The third-order valence-electron chi connectivity index (χ3n) is 6.40. The Hall–Kier alpha value is -2.83. The van der Waals surface area contributed by atoms with Crippen LogP contribution >= 0.6 is 11.6 Å². The van der Waals surface area contributed by atoms with Gasteiger partial charge in [0.2, 0.25) is 0 Å². The van der Waals surface area contributed by atoms with Gasteiger partial charge in [-0.05, 0) is 74.8 Å². The van der Waals surface area contributed by atoms with Crippen LogP contribution < -0.4 is 5.32 Å². The highest BCUT2D eigenvalue weighted by atomic mass is 35.5. The number of nitrogens with one attached hydrogen (secondary N) is 1. The second-order valence-electron chi connectivity index (χ2n) is 9.26. The van der Waals surface area contributed by atoms with Crippen molar-refractivity contribution in [1.82, 2.24) is 15.1 Å². The van der Waals surface area contributed by atoms with Gasteiger partial charge in [-0.1, -0.05) is 42.3 Å². The van der Waals surface area contributed by atoms with Crippen LogP contribution in [0.1, 0.15) is 47.2 Å². The molecule has 1 N–H and O–H groups in total. The Morgan fingerprint density at radius 1 is 1.12 bits per heavy atom. The Morgan fingerprint density at radius 3 is 2.53 bits per heavy atom. The van der Waals surface area contributed by atoms with Crippen molar-refractivity contribution in [3.8, 4) is 0 Å². The summed E-state index contributed by atoms with van der Waals surface area (Å²) in [5, 5.41) is 3.60. The minimum Gasteiger partial charge on any atom is -0.482 e. The summed E-state index contributed by atoms with van der Waals surface area (Å²) in [6.07, 6.45) is 5.90. The van der Waals surface area contributed by atoms with Crippen molar-refractivity contribution in [3.63, 3.8) is 0 Å². The van der Waals surface area contributed by atoms with Crippen molar-refractivity contribution in [2.75, 3.05) is 27.2 Å².